The van der Waals surface area contributed by atoms with Gasteiger partial charge in [0.1, 0.15) is 29.2 Å². The maximum atomic E-state index is 15.2. The molecular formula is C48H66N5O9P. The summed E-state index contributed by atoms with van der Waals surface area (Å²) in [5, 5.41) is 12.4. The summed E-state index contributed by atoms with van der Waals surface area (Å²) < 4.78 is 38.9. The van der Waals surface area contributed by atoms with E-state index in [9.17, 15) is 14.9 Å². The number of nitriles is 1. The molecule has 0 radical (unpaired) electrons. The molecule has 2 saturated heterocycles. The van der Waals surface area contributed by atoms with Crippen LogP contribution in [0.4, 0.5) is 4.79 Å². The first kappa shape index (κ1) is 49.2. The van der Waals surface area contributed by atoms with E-state index >= 15 is 4.79 Å². The molecule has 15 heteroatoms. The largest absolute Gasteiger partial charge is 0.497 e. The van der Waals surface area contributed by atoms with Crippen LogP contribution in [0.25, 0.3) is 0 Å². The lowest BCUT2D eigenvalue weighted by Gasteiger charge is -2.38. The molecule has 2 heterocycles. The topological polar surface area (TPSA) is 152 Å². The fraction of sp³-hybridized carbons (Fsp3) is 0.542. The number of ether oxygens (including phenoxy) is 4. The zero-order valence-corrected chi connectivity index (χ0v) is 39.2. The highest BCUT2D eigenvalue weighted by atomic mass is 31.2. The number of rotatable bonds is 21. The molecule has 14 nitrogen and oxygen atoms in total. The van der Waals surface area contributed by atoms with Crippen LogP contribution in [0.15, 0.2) is 78.9 Å². The molecule has 2 fully saturated rings. The molecule has 3 aromatic rings. The van der Waals surface area contributed by atoms with Gasteiger partial charge in [-0.15, -0.1) is 0 Å². The van der Waals surface area contributed by atoms with Gasteiger partial charge in [0, 0.05) is 25.2 Å². The summed E-state index contributed by atoms with van der Waals surface area (Å²) in [6.07, 6.45) is 1.06. The Morgan fingerprint density at radius 3 is 1.97 bits per heavy atom. The molecule has 0 spiro atoms. The van der Waals surface area contributed by atoms with E-state index in [0.29, 0.717) is 43.7 Å². The molecule has 5 rings (SSSR count). The normalized spacial score (nSPS) is 18.8. The van der Waals surface area contributed by atoms with E-state index in [0.717, 1.165) is 16.7 Å². The molecule has 63 heavy (non-hydrogen) atoms. The molecule has 0 aromatic heterocycles. The van der Waals surface area contributed by atoms with Crippen molar-refractivity contribution in [3.05, 3.63) is 95.6 Å². The van der Waals surface area contributed by atoms with Gasteiger partial charge in [0.25, 0.3) is 8.53 Å². The zero-order valence-electron chi connectivity index (χ0n) is 38.3. The van der Waals surface area contributed by atoms with E-state index in [1.54, 1.807) is 19.1 Å². The number of amides is 3. The molecule has 342 valence electrons. The Kier molecular flexibility index (Phi) is 18.2. The molecule has 0 saturated carbocycles. The van der Waals surface area contributed by atoms with Crippen LogP contribution in [0.1, 0.15) is 90.3 Å². The van der Waals surface area contributed by atoms with Gasteiger partial charge in [0.15, 0.2) is 0 Å². The van der Waals surface area contributed by atoms with Crippen LogP contribution in [0.2, 0.25) is 0 Å². The highest BCUT2D eigenvalue weighted by Crippen LogP contribution is 2.49. The Labute approximate surface area is 375 Å². The summed E-state index contributed by atoms with van der Waals surface area (Å²) in [4.78, 5) is 45.0. The Bertz CT molecular complexity index is 1910. The number of nitrogens with zero attached hydrogens (tertiary/aromatic N) is 4. The molecule has 1 N–H and O–H groups in total. The number of likely N-dealkylation sites (tertiary alicyclic amines) is 2. The lowest BCUT2D eigenvalue weighted by atomic mass is 9.80. The highest BCUT2D eigenvalue weighted by molar-refractivity contribution is 7.44. The quantitative estimate of drug-likeness (QED) is 0.0629. The van der Waals surface area contributed by atoms with Crippen LogP contribution in [0.3, 0.4) is 0 Å². The summed E-state index contributed by atoms with van der Waals surface area (Å²) in [5.41, 5.74) is 1.41. The standard InChI is InChI=1S/C48H66N5O9P/c1-33(2)29-43(50-45(54)44-17-13-27-51(44)47(56)59-9)46(55)52-31-42(62-63(61-28-14-26-49)53(34(3)4)35(5)6)30-39(52)32-60-48(36-15-11-10-12-16-36,37-18-22-40(57-7)23-19-37)38-20-24-41(58-8)25-21-38/h10-12,15-16,18-25,33-35,39,42-44H,13-14,17,27-32H2,1-9H3,(H,50,54)/t39-,42+,43-,44-,63?/m0/s1. The predicted octanol–water partition coefficient (Wildman–Crippen LogP) is 8.04. The van der Waals surface area contributed by atoms with Gasteiger partial charge in [0.2, 0.25) is 11.8 Å². The molecule has 5 atom stereocenters. The van der Waals surface area contributed by atoms with Gasteiger partial charge in [0.05, 0.1) is 59.2 Å². The first-order valence-electron chi connectivity index (χ1n) is 22.0. The van der Waals surface area contributed by atoms with Gasteiger partial charge >= 0.3 is 6.09 Å². The Morgan fingerprint density at radius 1 is 0.857 bits per heavy atom. The van der Waals surface area contributed by atoms with Crippen molar-refractivity contribution in [1.29, 1.82) is 5.26 Å². The van der Waals surface area contributed by atoms with Crippen LogP contribution >= 0.6 is 8.53 Å². The highest BCUT2D eigenvalue weighted by Gasteiger charge is 2.46. The van der Waals surface area contributed by atoms with Gasteiger partial charge in [-0.3, -0.25) is 14.5 Å². The van der Waals surface area contributed by atoms with Crippen molar-refractivity contribution in [2.45, 2.75) is 116 Å². The summed E-state index contributed by atoms with van der Waals surface area (Å²) >= 11 is 0. The third-order valence-corrected chi connectivity index (χ3v) is 13.7. The molecule has 3 aromatic carbocycles. The number of methoxy groups -OCH3 is 3. The Balaban J connectivity index is 1.57. The second kappa shape index (κ2) is 23.2. The van der Waals surface area contributed by atoms with Crippen LogP contribution in [-0.2, 0) is 33.7 Å². The number of carbonyl (C=O) groups excluding carboxylic acids is 3. The number of carbonyl (C=O) groups is 3. The third-order valence-electron chi connectivity index (χ3n) is 11.5. The van der Waals surface area contributed by atoms with Gasteiger partial charge < -0.3 is 38.2 Å². The summed E-state index contributed by atoms with van der Waals surface area (Å²) in [7, 11) is 2.92. The van der Waals surface area contributed by atoms with Gasteiger partial charge in [-0.2, -0.15) is 5.26 Å². The van der Waals surface area contributed by atoms with Gasteiger partial charge in [-0.25, -0.2) is 9.46 Å². The van der Waals surface area contributed by atoms with Crippen LogP contribution < -0.4 is 14.8 Å². The minimum atomic E-state index is -1.63. The van der Waals surface area contributed by atoms with Crippen molar-refractivity contribution in [1.82, 2.24) is 19.8 Å². The van der Waals surface area contributed by atoms with Gasteiger partial charge in [-0.05, 0) is 100 Å². The van der Waals surface area contributed by atoms with Crippen LogP contribution in [0.5, 0.6) is 11.5 Å². The zero-order chi connectivity index (χ0) is 45.7. The predicted molar refractivity (Wildman–Crippen MR) is 242 cm³/mol. The molecule has 0 bridgehead atoms. The molecule has 2 aliphatic rings. The summed E-state index contributed by atoms with van der Waals surface area (Å²) in [6, 6.07) is 25.7. The van der Waals surface area contributed by atoms with Crippen molar-refractivity contribution in [3.8, 4) is 17.6 Å². The summed E-state index contributed by atoms with van der Waals surface area (Å²) in [6.45, 7) is 13.3. The van der Waals surface area contributed by atoms with E-state index in [2.05, 4.69) is 43.8 Å². The smallest absolute Gasteiger partial charge is 0.410 e. The van der Waals surface area contributed by atoms with Crippen LogP contribution in [0, 0.1) is 17.2 Å². The average Bonchev–Trinajstić information content (AvgIpc) is 3.94. The Hall–Kier alpha value is -4.77. The number of hydrogen-bond acceptors (Lipinski definition) is 11. The average molecular weight is 888 g/mol. The number of nitrogens with one attached hydrogen (secondary N) is 1. The van der Waals surface area contributed by atoms with Crippen molar-refractivity contribution in [2.75, 3.05) is 47.6 Å². The van der Waals surface area contributed by atoms with E-state index in [1.165, 1.54) is 12.0 Å². The number of benzene rings is 3. The fourth-order valence-corrected chi connectivity index (χ4v) is 10.3. The first-order valence-corrected chi connectivity index (χ1v) is 23.1. The van der Waals surface area contributed by atoms with Crippen molar-refractivity contribution in [3.63, 3.8) is 0 Å². The maximum Gasteiger partial charge on any atom is 0.410 e. The second-order valence-electron chi connectivity index (χ2n) is 17.0. The van der Waals surface area contributed by atoms with E-state index in [4.69, 9.17) is 28.0 Å². The SMILES string of the molecule is COC(=O)N1CCC[C@H]1C(=O)N[C@@H](CC(C)C)C(=O)N1C[C@H](OP(OCCC#N)N(C(C)C)C(C)C)C[C@H]1COC(c1ccccc1)(c1ccc(OC)cc1)c1ccc(OC)cc1. The van der Waals surface area contributed by atoms with E-state index in [1.807, 2.05) is 92.7 Å². The monoisotopic (exact) mass is 887 g/mol. The maximum absolute atomic E-state index is 15.2. The first-order chi connectivity index (χ1) is 30.3. The third kappa shape index (κ3) is 12.1. The molecule has 0 aliphatic carbocycles. The molecule has 1 unspecified atom stereocenters. The van der Waals surface area contributed by atoms with E-state index in [-0.39, 0.29) is 50.1 Å². The number of hydrogen-bond donors (Lipinski definition) is 1. The minimum absolute atomic E-state index is 0.0479. The second-order valence-corrected chi connectivity index (χ2v) is 18.4. The van der Waals surface area contributed by atoms with Gasteiger partial charge in [-0.1, -0.05) is 68.4 Å². The lowest BCUT2D eigenvalue weighted by Crippen LogP contribution is -2.55. The molecular weight excluding hydrogens is 822 g/mol. The van der Waals surface area contributed by atoms with Crippen molar-refractivity contribution >= 4 is 26.4 Å². The lowest BCUT2D eigenvalue weighted by molar-refractivity contribution is -0.140. The van der Waals surface area contributed by atoms with Crippen molar-refractivity contribution in [2.24, 2.45) is 5.92 Å². The minimum Gasteiger partial charge on any atom is -0.497 e. The summed E-state index contributed by atoms with van der Waals surface area (Å²) in [5.74, 6) is 0.778. The fourth-order valence-electron chi connectivity index (χ4n) is 8.63. The molecule has 3 amide bonds. The van der Waals surface area contributed by atoms with E-state index < -0.39 is 50.4 Å². The Morgan fingerprint density at radius 2 is 1.44 bits per heavy atom. The van der Waals surface area contributed by atoms with Crippen LogP contribution in [-0.4, -0.2) is 116 Å². The van der Waals surface area contributed by atoms with Crippen molar-refractivity contribution < 1.29 is 42.4 Å². The molecule has 2 aliphatic heterocycles.